The molecule has 0 amide bonds. The fourth-order valence-corrected chi connectivity index (χ4v) is 4.77. The van der Waals surface area contributed by atoms with Crippen LogP contribution >= 0.6 is 0 Å². The molecule has 1 atom stereocenters. The molecule has 11 heteroatoms. The van der Waals surface area contributed by atoms with Crippen LogP contribution in [0.1, 0.15) is 54.9 Å². The minimum absolute atomic E-state index is 0.0479. The lowest BCUT2D eigenvalue weighted by atomic mass is 9.94. The lowest BCUT2D eigenvalue weighted by molar-refractivity contribution is -0.143. The number of nitrogen functional groups attached to an aromatic ring is 1. The Bertz CT molecular complexity index is 1420. The van der Waals surface area contributed by atoms with Crippen molar-refractivity contribution >= 4 is 23.8 Å². The van der Waals surface area contributed by atoms with Gasteiger partial charge in [-0.15, -0.1) is 0 Å². The Morgan fingerprint density at radius 3 is 2.67 bits per heavy atom. The SMILES string of the molecule is CC[C@@H](c1cccc(CN=C/C(=N\N)c2cc(-c3cccc(C#N)c3)nc(N)n2)n1)N1CCC(C(=O)O)CC1. The molecule has 0 saturated carbocycles. The van der Waals surface area contributed by atoms with Crippen molar-refractivity contribution < 1.29 is 9.90 Å². The van der Waals surface area contributed by atoms with Gasteiger partial charge in [0.15, 0.2) is 0 Å². The third kappa shape index (κ3) is 6.80. The fraction of sp³-hybridized carbons (Fsp3) is 0.321. The molecule has 1 saturated heterocycles. The quantitative estimate of drug-likeness (QED) is 0.215. The lowest BCUT2D eigenvalue weighted by Crippen LogP contribution is -2.38. The Hall–Kier alpha value is -4.69. The van der Waals surface area contributed by atoms with Crippen LogP contribution in [0.4, 0.5) is 5.95 Å². The lowest BCUT2D eigenvalue weighted by Gasteiger charge is -2.35. The van der Waals surface area contributed by atoms with Crippen molar-refractivity contribution in [3.05, 3.63) is 71.2 Å². The highest BCUT2D eigenvalue weighted by molar-refractivity contribution is 6.37. The van der Waals surface area contributed by atoms with Crippen LogP contribution in [0.15, 0.2) is 58.6 Å². The zero-order chi connectivity index (χ0) is 27.8. The standard InChI is InChI=1S/C28H31N9O2/c1-2-26(37-11-9-19(10-12-37)27(38)39)22-8-4-7-21(33-22)16-32-17-25(36-31)24-14-23(34-28(30)35-24)20-6-3-5-18(13-20)15-29/h3-8,13-14,17,19,26H,2,9-12,16,31H2,1H3,(H,38,39)(H2,30,34,35)/b32-17?,36-25+/t26-/m0/s1. The number of anilines is 1. The highest BCUT2D eigenvalue weighted by Gasteiger charge is 2.29. The molecule has 0 unspecified atom stereocenters. The number of likely N-dealkylation sites (tertiary alicyclic amines) is 1. The zero-order valence-corrected chi connectivity index (χ0v) is 21.7. The summed E-state index contributed by atoms with van der Waals surface area (Å²) < 4.78 is 0. The zero-order valence-electron chi connectivity index (χ0n) is 21.7. The Balaban J connectivity index is 1.47. The maximum atomic E-state index is 11.3. The number of piperidine rings is 1. The molecular weight excluding hydrogens is 494 g/mol. The molecule has 1 aliphatic rings. The molecule has 3 heterocycles. The largest absolute Gasteiger partial charge is 0.481 e. The highest BCUT2D eigenvalue weighted by atomic mass is 16.4. The van der Waals surface area contributed by atoms with Gasteiger partial charge in [0.25, 0.3) is 0 Å². The molecule has 11 nitrogen and oxygen atoms in total. The minimum Gasteiger partial charge on any atom is -0.481 e. The topological polar surface area (TPSA) is 180 Å². The maximum Gasteiger partial charge on any atom is 0.306 e. The number of aromatic nitrogens is 3. The van der Waals surface area contributed by atoms with E-state index in [9.17, 15) is 15.2 Å². The van der Waals surface area contributed by atoms with Crippen molar-refractivity contribution in [1.29, 1.82) is 5.26 Å². The minimum atomic E-state index is -0.713. The number of pyridine rings is 1. The van der Waals surface area contributed by atoms with Crippen molar-refractivity contribution in [3.63, 3.8) is 0 Å². The van der Waals surface area contributed by atoms with E-state index < -0.39 is 5.97 Å². The molecule has 0 bridgehead atoms. The van der Waals surface area contributed by atoms with Gasteiger partial charge in [-0.25, -0.2) is 9.97 Å². The highest BCUT2D eigenvalue weighted by Crippen LogP contribution is 2.28. The van der Waals surface area contributed by atoms with Crippen LogP contribution in [0.2, 0.25) is 0 Å². The van der Waals surface area contributed by atoms with Gasteiger partial charge in [0, 0.05) is 5.56 Å². The smallest absolute Gasteiger partial charge is 0.306 e. The van der Waals surface area contributed by atoms with Crippen molar-refractivity contribution in [1.82, 2.24) is 19.9 Å². The van der Waals surface area contributed by atoms with Gasteiger partial charge in [-0.2, -0.15) is 10.4 Å². The summed E-state index contributed by atoms with van der Waals surface area (Å²) in [5.41, 5.74) is 10.2. The number of hydrazone groups is 1. The summed E-state index contributed by atoms with van der Waals surface area (Å²) >= 11 is 0. The third-order valence-electron chi connectivity index (χ3n) is 6.78. The van der Waals surface area contributed by atoms with Gasteiger partial charge >= 0.3 is 5.97 Å². The molecule has 1 fully saturated rings. The number of benzene rings is 1. The number of nitriles is 1. The first-order chi connectivity index (χ1) is 18.9. The van der Waals surface area contributed by atoms with Crippen LogP contribution in [0.3, 0.4) is 0 Å². The van der Waals surface area contributed by atoms with Gasteiger partial charge in [0.1, 0.15) is 5.71 Å². The molecule has 200 valence electrons. The predicted molar refractivity (Wildman–Crippen MR) is 149 cm³/mol. The molecule has 0 radical (unpaired) electrons. The van der Waals surface area contributed by atoms with E-state index >= 15 is 0 Å². The number of hydrogen-bond donors (Lipinski definition) is 3. The third-order valence-corrected chi connectivity index (χ3v) is 6.78. The summed E-state index contributed by atoms with van der Waals surface area (Å²) in [6.07, 6.45) is 3.70. The number of hydrogen-bond acceptors (Lipinski definition) is 10. The second kappa shape index (κ2) is 12.7. The number of aliphatic imine (C=N–C) groups is 1. The van der Waals surface area contributed by atoms with E-state index in [2.05, 4.69) is 38.0 Å². The number of nitrogens with zero attached hydrogens (tertiary/aromatic N) is 7. The van der Waals surface area contributed by atoms with E-state index in [1.807, 2.05) is 24.3 Å². The predicted octanol–water partition coefficient (Wildman–Crippen LogP) is 3.17. The molecule has 5 N–H and O–H groups in total. The Labute approximate surface area is 226 Å². The van der Waals surface area contributed by atoms with Gasteiger partial charge in [0.2, 0.25) is 5.95 Å². The molecule has 39 heavy (non-hydrogen) atoms. The first-order valence-corrected chi connectivity index (χ1v) is 12.8. The number of aliphatic carboxylic acids is 1. The van der Waals surface area contributed by atoms with E-state index in [0.29, 0.717) is 42.0 Å². The number of rotatable bonds is 9. The van der Waals surface area contributed by atoms with E-state index in [0.717, 1.165) is 36.5 Å². The van der Waals surface area contributed by atoms with Crippen LogP contribution in [0, 0.1) is 17.2 Å². The first-order valence-electron chi connectivity index (χ1n) is 12.8. The van der Waals surface area contributed by atoms with Crippen LogP contribution < -0.4 is 11.6 Å². The average Bonchev–Trinajstić information content (AvgIpc) is 2.96. The molecule has 3 aromatic rings. The molecule has 4 rings (SSSR count). The average molecular weight is 526 g/mol. The monoisotopic (exact) mass is 525 g/mol. The second-order valence-corrected chi connectivity index (χ2v) is 9.30. The van der Waals surface area contributed by atoms with Gasteiger partial charge in [-0.3, -0.25) is 19.7 Å². The number of carbonyl (C=O) groups is 1. The summed E-state index contributed by atoms with van der Waals surface area (Å²) in [7, 11) is 0. The van der Waals surface area contributed by atoms with Crippen molar-refractivity contribution in [2.45, 2.75) is 38.8 Å². The normalized spacial score (nSPS) is 15.7. The van der Waals surface area contributed by atoms with Crippen LogP contribution in [0.25, 0.3) is 11.3 Å². The first kappa shape index (κ1) is 27.3. The number of carboxylic acids is 1. The Morgan fingerprint density at radius 1 is 1.21 bits per heavy atom. The summed E-state index contributed by atoms with van der Waals surface area (Å²) in [6, 6.07) is 16.8. The van der Waals surface area contributed by atoms with Crippen molar-refractivity contribution in [2.24, 2.45) is 21.9 Å². The molecule has 0 spiro atoms. The Kier molecular flexibility index (Phi) is 8.91. The summed E-state index contributed by atoms with van der Waals surface area (Å²) in [4.78, 5) is 31.5. The molecule has 1 aromatic carbocycles. The van der Waals surface area contributed by atoms with E-state index in [4.69, 9.17) is 16.6 Å². The summed E-state index contributed by atoms with van der Waals surface area (Å²) in [5, 5.41) is 22.3. The van der Waals surface area contributed by atoms with Gasteiger partial charge in [-0.1, -0.05) is 25.1 Å². The van der Waals surface area contributed by atoms with Crippen LogP contribution in [0.5, 0.6) is 0 Å². The van der Waals surface area contributed by atoms with Crippen molar-refractivity contribution in [2.75, 3.05) is 18.8 Å². The van der Waals surface area contributed by atoms with Crippen molar-refractivity contribution in [3.8, 4) is 17.3 Å². The molecule has 1 aliphatic heterocycles. The number of nitrogens with two attached hydrogens (primary N) is 2. The second-order valence-electron chi connectivity index (χ2n) is 9.30. The summed E-state index contributed by atoms with van der Waals surface area (Å²) in [6.45, 7) is 3.89. The van der Waals surface area contributed by atoms with E-state index in [1.165, 1.54) is 6.21 Å². The van der Waals surface area contributed by atoms with Gasteiger partial charge in [-0.05, 0) is 62.7 Å². The van der Waals surface area contributed by atoms with Crippen LogP contribution in [-0.2, 0) is 11.3 Å². The summed E-state index contributed by atoms with van der Waals surface area (Å²) in [5.74, 6) is 4.72. The maximum absolute atomic E-state index is 11.3. The van der Waals surface area contributed by atoms with Crippen LogP contribution in [-0.4, -0.2) is 55.9 Å². The van der Waals surface area contributed by atoms with Gasteiger partial charge in [0.05, 0.1) is 59.1 Å². The molecule has 0 aliphatic carbocycles. The fourth-order valence-electron chi connectivity index (χ4n) is 4.77. The Morgan fingerprint density at radius 2 is 1.97 bits per heavy atom. The molecule has 2 aromatic heterocycles. The van der Waals surface area contributed by atoms with Gasteiger partial charge < -0.3 is 16.7 Å². The van der Waals surface area contributed by atoms with E-state index in [-0.39, 0.29) is 17.9 Å². The molecular formula is C28H31N9O2. The van der Waals surface area contributed by atoms with E-state index in [1.54, 1.807) is 24.3 Å². The number of carboxylic acid groups (broad SMARTS) is 1.